The predicted molar refractivity (Wildman–Crippen MR) is 124 cm³/mol. The molecule has 12 heteroatoms. The Morgan fingerprint density at radius 3 is 2.47 bits per heavy atom. The van der Waals surface area contributed by atoms with E-state index < -0.39 is 54.0 Å². The van der Waals surface area contributed by atoms with Crippen LogP contribution < -0.4 is 4.90 Å². The summed E-state index contributed by atoms with van der Waals surface area (Å²) in [4.78, 5) is 2.03. The largest absolute Gasteiger partial charge is 0.394 e. The number of hydrogen-bond acceptors (Lipinski definition) is 7. The number of ether oxygens (including phenoxy) is 1. The molecule has 1 aromatic heterocycles. The van der Waals surface area contributed by atoms with Crippen molar-refractivity contribution >= 4 is 17.3 Å². The van der Waals surface area contributed by atoms with E-state index in [0.29, 0.717) is 24.4 Å². The van der Waals surface area contributed by atoms with Crippen LogP contribution >= 0.6 is 11.6 Å². The molecule has 3 aromatic rings. The third kappa shape index (κ3) is 4.35. The Bertz CT molecular complexity index is 1220. The summed E-state index contributed by atoms with van der Waals surface area (Å²) in [7, 11) is 0. The molecular weight excluding hydrogens is 501 g/mol. The summed E-state index contributed by atoms with van der Waals surface area (Å²) < 4.78 is 48.2. The Kier molecular flexibility index (Phi) is 6.69. The van der Waals surface area contributed by atoms with E-state index in [1.165, 1.54) is 10.9 Å². The van der Waals surface area contributed by atoms with Gasteiger partial charge in [0.15, 0.2) is 17.5 Å². The van der Waals surface area contributed by atoms with Crippen molar-refractivity contribution in [3.63, 3.8) is 0 Å². The molecule has 3 heterocycles. The summed E-state index contributed by atoms with van der Waals surface area (Å²) in [6.07, 6.45) is -1.25. The van der Waals surface area contributed by atoms with Crippen LogP contribution in [-0.4, -0.2) is 73.9 Å². The molecule has 0 bridgehead atoms. The van der Waals surface area contributed by atoms with E-state index in [1.54, 1.807) is 12.1 Å². The van der Waals surface area contributed by atoms with Gasteiger partial charge in [0, 0.05) is 29.4 Å². The number of rotatable bonds is 4. The van der Waals surface area contributed by atoms with E-state index in [2.05, 4.69) is 10.3 Å². The number of aliphatic hydroxyl groups is 3. The van der Waals surface area contributed by atoms with Gasteiger partial charge in [0.05, 0.1) is 12.8 Å². The molecule has 3 N–H and O–H groups in total. The fourth-order valence-electron chi connectivity index (χ4n) is 5.12. The summed E-state index contributed by atoms with van der Waals surface area (Å²) in [6.45, 7) is 0.458. The van der Waals surface area contributed by atoms with Crippen LogP contribution in [0.1, 0.15) is 18.9 Å². The smallest absolute Gasteiger partial charge is 0.194 e. The van der Waals surface area contributed by atoms with E-state index in [9.17, 15) is 28.5 Å². The number of aliphatic hydroxyl groups excluding tert-OH is 3. The molecule has 2 aromatic carbocycles. The molecule has 0 radical (unpaired) electrons. The molecule has 2 aliphatic rings. The maximum atomic E-state index is 13.7. The predicted octanol–water partition coefficient (Wildman–Crippen LogP) is 2.71. The van der Waals surface area contributed by atoms with Gasteiger partial charge >= 0.3 is 0 Å². The monoisotopic (exact) mass is 524 g/mol. The normalized spacial score (nSPS) is 28.6. The van der Waals surface area contributed by atoms with Crippen LogP contribution in [-0.2, 0) is 4.74 Å². The van der Waals surface area contributed by atoms with Crippen molar-refractivity contribution in [3.05, 3.63) is 65.1 Å². The molecule has 2 fully saturated rings. The summed E-state index contributed by atoms with van der Waals surface area (Å²) >= 11 is 6.01. The fourth-order valence-corrected chi connectivity index (χ4v) is 5.25. The van der Waals surface area contributed by atoms with Gasteiger partial charge in [-0.3, -0.25) is 0 Å². The van der Waals surface area contributed by atoms with Crippen molar-refractivity contribution in [1.82, 2.24) is 15.0 Å². The lowest BCUT2D eigenvalue weighted by Crippen LogP contribution is -2.67. The van der Waals surface area contributed by atoms with Crippen LogP contribution in [0.2, 0.25) is 5.02 Å². The van der Waals surface area contributed by atoms with E-state index in [1.807, 2.05) is 17.0 Å². The molecule has 0 unspecified atom stereocenters. The lowest BCUT2D eigenvalue weighted by atomic mass is 9.78. The standard InChI is InChI=1S/C24H24ClF3N4O4/c25-14-2-4-15(5-3-14)31-7-1-6-24(12-31)23(35)21(22(34)19(11-33)36-24)32-10-18(29-30-32)13-8-16(26)20(28)17(27)9-13/h2-5,8-10,19,21-23,33-35H,1,6-7,11-12H2/t19-,21+,22+,23+,24-/m1/s1. The first kappa shape index (κ1) is 25.0. The van der Waals surface area contributed by atoms with Crippen LogP contribution in [0.15, 0.2) is 42.6 Å². The van der Waals surface area contributed by atoms with E-state index in [4.69, 9.17) is 16.3 Å². The Balaban J connectivity index is 1.47. The number of anilines is 1. The first-order valence-corrected chi connectivity index (χ1v) is 11.8. The maximum absolute atomic E-state index is 13.7. The molecule has 8 nitrogen and oxygen atoms in total. The quantitative estimate of drug-likeness (QED) is 0.451. The topological polar surface area (TPSA) is 104 Å². The second kappa shape index (κ2) is 9.64. The van der Waals surface area contributed by atoms with Gasteiger partial charge in [0.25, 0.3) is 0 Å². The minimum atomic E-state index is -1.60. The van der Waals surface area contributed by atoms with E-state index in [-0.39, 0.29) is 17.8 Å². The zero-order chi connectivity index (χ0) is 25.6. The van der Waals surface area contributed by atoms with Crippen LogP contribution in [0.4, 0.5) is 18.9 Å². The molecule has 36 heavy (non-hydrogen) atoms. The number of benzene rings is 2. The molecule has 192 valence electrons. The summed E-state index contributed by atoms with van der Waals surface area (Å²) in [5, 5.41) is 40.9. The van der Waals surface area contributed by atoms with Crippen molar-refractivity contribution in [3.8, 4) is 11.3 Å². The SMILES string of the molecule is OC[C@H]1O[C@@]2(CCCN(c3ccc(Cl)cc3)C2)[C@@H](O)[C@@H](n2cc(-c3cc(F)c(F)c(F)c3)nn2)[C@H]1O. The summed E-state index contributed by atoms with van der Waals surface area (Å²) in [5.74, 6) is -4.36. The van der Waals surface area contributed by atoms with Crippen molar-refractivity contribution < 1.29 is 33.2 Å². The van der Waals surface area contributed by atoms with Crippen molar-refractivity contribution in [2.75, 3.05) is 24.6 Å². The Morgan fingerprint density at radius 1 is 1.11 bits per heavy atom. The third-order valence-corrected chi connectivity index (χ3v) is 7.18. The summed E-state index contributed by atoms with van der Waals surface area (Å²) in [6, 6.07) is 7.72. The first-order chi connectivity index (χ1) is 17.2. The van der Waals surface area contributed by atoms with Gasteiger partial charge in [-0.1, -0.05) is 16.8 Å². The number of halogens is 4. The van der Waals surface area contributed by atoms with Gasteiger partial charge in [-0.2, -0.15) is 0 Å². The van der Waals surface area contributed by atoms with Crippen LogP contribution in [0, 0.1) is 17.5 Å². The highest BCUT2D eigenvalue weighted by molar-refractivity contribution is 6.30. The summed E-state index contributed by atoms with van der Waals surface area (Å²) in [5.41, 5.74) is -0.329. The maximum Gasteiger partial charge on any atom is 0.194 e. The number of aromatic nitrogens is 3. The zero-order valence-corrected chi connectivity index (χ0v) is 19.7. The average molecular weight is 525 g/mol. The number of piperidine rings is 1. The van der Waals surface area contributed by atoms with Gasteiger partial charge < -0.3 is 25.0 Å². The van der Waals surface area contributed by atoms with Gasteiger partial charge in [0.1, 0.15) is 35.6 Å². The van der Waals surface area contributed by atoms with Gasteiger partial charge in [0.2, 0.25) is 0 Å². The lowest BCUT2D eigenvalue weighted by molar-refractivity contribution is -0.257. The molecule has 0 amide bonds. The highest BCUT2D eigenvalue weighted by Crippen LogP contribution is 2.42. The third-order valence-electron chi connectivity index (χ3n) is 6.93. The lowest BCUT2D eigenvalue weighted by Gasteiger charge is -2.53. The Morgan fingerprint density at radius 2 is 1.81 bits per heavy atom. The van der Waals surface area contributed by atoms with Gasteiger partial charge in [-0.15, -0.1) is 5.10 Å². The van der Waals surface area contributed by atoms with Gasteiger partial charge in [-0.25, -0.2) is 17.9 Å². The second-order valence-electron chi connectivity index (χ2n) is 9.17. The van der Waals surface area contributed by atoms with E-state index in [0.717, 1.165) is 17.8 Å². The molecule has 2 saturated heterocycles. The van der Waals surface area contributed by atoms with Crippen LogP contribution in [0.5, 0.6) is 0 Å². The second-order valence-corrected chi connectivity index (χ2v) is 9.61. The van der Waals surface area contributed by atoms with Crippen LogP contribution in [0.25, 0.3) is 11.3 Å². The molecule has 2 aliphatic heterocycles. The Hall–Kier alpha value is -2.70. The molecule has 0 aliphatic carbocycles. The molecule has 1 spiro atoms. The zero-order valence-electron chi connectivity index (χ0n) is 18.9. The van der Waals surface area contributed by atoms with Crippen molar-refractivity contribution in [2.45, 2.75) is 42.8 Å². The molecule has 5 atom stereocenters. The average Bonchev–Trinajstić information content (AvgIpc) is 3.35. The number of hydrogen-bond donors (Lipinski definition) is 3. The van der Waals surface area contributed by atoms with Crippen LogP contribution in [0.3, 0.4) is 0 Å². The molecule has 0 saturated carbocycles. The molecular formula is C24H24ClF3N4O4. The molecule has 5 rings (SSSR count). The van der Waals surface area contributed by atoms with Crippen molar-refractivity contribution in [2.24, 2.45) is 0 Å². The highest BCUT2D eigenvalue weighted by atomic mass is 35.5. The Labute approximate surface area is 209 Å². The highest BCUT2D eigenvalue weighted by Gasteiger charge is 2.56. The van der Waals surface area contributed by atoms with Crippen molar-refractivity contribution in [1.29, 1.82) is 0 Å². The fraction of sp³-hybridized carbons (Fsp3) is 0.417. The minimum absolute atomic E-state index is 0.0136. The first-order valence-electron chi connectivity index (χ1n) is 11.4. The van der Waals surface area contributed by atoms with Gasteiger partial charge in [-0.05, 0) is 49.2 Å². The minimum Gasteiger partial charge on any atom is -0.394 e. The number of nitrogens with zero attached hydrogens (tertiary/aromatic N) is 4. The van der Waals surface area contributed by atoms with E-state index >= 15 is 0 Å².